The third kappa shape index (κ3) is 2.37. The van der Waals surface area contributed by atoms with Gasteiger partial charge in [-0.25, -0.2) is 0 Å². The summed E-state index contributed by atoms with van der Waals surface area (Å²) in [7, 11) is 0. The van der Waals surface area contributed by atoms with Crippen LogP contribution in [0.2, 0.25) is 0 Å². The van der Waals surface area contributed by atoms with Crippen molar-refractivity contribution in [3.8, 4) is 5.75 Å². The fraction of sp³-hybridized carbons (Fsp3) is 0.625. The largest absolute Gasteiger partial charge is 0.494 e. The van der Waals surface area contributed by atoms with Gasteiger partial charge in [0, 0.05) is 18.8 Å². The van der Waals surface area contributed by atoms with Gasteiger partial charge in [0.25, 0.3) is 0 Å². The fourth-order valence-electron chi connectivity index (χ4n) is 3.70. The van der Waals surface area contributed by atoms with Crippen LogP contribution in [0.5, 0.6) is 5.75 Å². The van der Waals surface area contributed by atoms with Crippen LogP contribution in [-0.4, -0.2) is 19.8 Å². The van der Waals surface area contributed by atoms with Gasteiger partial charge in [0.1, 0.15) is 5.75 Å². The van der Waals surface area contributed by atoms with Crippen LogP contribution in [0, 0.1) is 5.41 Å². The summed E-state index contributed by atoms with van der Waals surface area (Å²) in [6, 6.07) is 8.30. The maximum absolute atomic E-state index is 6.57. The lowest BCUT2D eigenvalue weighted by atomic mass is 9.52. The summed E-state index contributed by atoms with van der Waals surface area (Å²) in [5, 5.41) is 0. The van der Waals surface area contributed by atoms with Crippen molar-refractivity contribution in [1.82, 2.24) is 0 Å². The van der Waals surface area contributed by atoms with Crippen LogP contribution in [0.3, 0.4) is 0 Å². The number of hydrogen-bond acceptors (Lipinski definition) is 3. The smallest absolute Gasteiger partial charge is 0.119 e. The second-order valence-corrected chi connectivity index (χ2v) is 6.08. The first kappa shape index (κ1) is 12.9. The molecule has 0 aromatic heterocycles. The number of rotatable bonds is 3. The molecule has 0 unspecified atom stereocenters. The molecule has 1 aromatic carbocycles. The van der Waals surface area contributed by atoms with Gasteiger partial charge in [-0.05, 0) is 55.7 Å². The van der Waals surface area contributed by atoms with Crippen molar-refractivity contribution in [2.24, 2.45) is 11.1 Å². The third-order valence-electron chi connectivity index (χ3n) is 4.67. The van der Waals surface area contributed by atoms with E-state index in [2.05, 4.69) is 12.1 Å². The second-order valence-electron chi connectivity index (χ2n) is 6.08. The zero-order chi connectivity index (χ0) is 13.3. The van der Waals surface area contributed by atoms with Crippen LogP contribution in [0.1, 0.15) is 38.2 Å². The molecule has 2 fully saturated rings. The number of hydrogen-bond donors (Lipinski definition) is 1. The van der Waals surface area contributed by atoms with Crippen molar-refractivity contribution < 1.29 is 9.47 Å². The Labute approximate surface area is 115 Å². The van der Waals surface area contributed by atoms with Crippen molar-refractivity contribution in [3.05, 3.63) is 29.8 Å². The van der Waals surface area contributed by atoms with Crippen LogP contribution in [0.25, 0.3) is 0 Å². The average molecular weight is 261 g/mol. The van der Waals surface area contributed by atoms with Gasteiger partial charge in [-0.1, -0.05) is 12.1 Å². The highest BCUT2D eigenvalue weighted by Gasteiger charge is 2.53. The number of nitrogens with two attached hydrogens (primary N) is 1. The Kier molecular flexibility index (Phi) is 3.27. The minimum Gasteiger partial charge on any atom is -0.494 e. The Bertz CT molecular complexity index is 427. The first-order valence-electron chi connectivity index (χ1n) is 7.26. The molecule has 1 saturated heterocycles. The Morgan fingerprint density at radius 2 is 1.79 bits per heavy atom. The predicted molar refractivity (Wildman–Crippen MR) is 75.2 cm³/mol. The highest BCUT2D eigenvalue weighted by molar-refractivity contribution is 5.34. The lowest BCUT2D eigenvalue weighted by Crippen LogP contribution is -2.57. The van der Waals surface area contributed by atoms with Gasteiger partial charge in [0.2, 0.25) is 0 Å². The van der Waals surface area contributed by atoms with E-state index < -0.39 is 0 Å². The second kappa shape index (κ2) is 4.80. The molecule has 1 aliphatic heterocycles. The Morgan fingerprint density at radius 3 is 2.37 bits per heavy atom. The van der Waals surface area contributed by atoms with Gasteiger partial charge in [-0.15, -0.1) is 0 Å². The molecule has 0 amide bonds. The van der Waals surface area contributed by atoms with E-state index in [9.17, 15) is 0 Å². The lowest BCUT2D eigenvalue weighted by molar-refractivity contribution is -0.0725. The minimum absolute atomic E-state index is 0.137. The van der Waals surface area contributed by atoms with E-state index in [0.717, 1.165) is 31.8 Å². The third-order valence-corrected chi connectivity index (χ3v) is 4.67. The molecule has 3 heteroatoms. The predicted octanol–water partition coefficient (Wildman–Crippen LogP) is 2.83. The Hall–Kier alpha value is -1.06. The first-order chi connectivity index (χ1) is 9.16. The molecule has 0 atom stereocenters. The molecule has 2 N–H and O–H groups in total. The molecular formula is C16H23NO2. The van der Waals surface area contributed by atoms with Crippen molar-refractivity contribution in [1.29, 1.82) is 0 Å². The molecule has 1 aliphatic carbocycles. The molecule has 1 heterocycles. The molecule has 0 bridgehead atoms. The molecule has 19 heavy (non-hydrogen) atoms. The topological polar surface area (TPSA) is 44.5 Å². The average Bonchev–Trinajstić information content (AvgIpc) is 2.39. The monoisotopic (exact) mass is 261 g/mol. The molecule has 1 aromatic rings. The van der Waals surface area contributed by atoms with Crippen molar-refractivity contribution in [2.45, 2.75) is 38.1 Å². The molecule has 3 nitrogen and oxygen atoms in total. The van der Waals surface area contributed by atoms with Crippen LogP contribution in [0.15, 0.2) is 24.3 Å². The summed E-state index contributed by atoms with van der Waals surface area (Å²) in [4.78, 5) is 0. The molecular weight excluding hydrogens is 238 g/mol. The number of benzene rings is 1. The van der Waals surface area contributed by atoms with E-state index in [4.69, 9.17) is 15.2 Å². The van der Waals surface area contributed by atoms with Gasteiger partial charge < -0.3 is 15.2 Å². The van der Waals surface area contributed by atoms with E-state index in [1.54, 1.807) is 0 Å². The van der Waals surface area contributed by atoms with Crippen LogP contribution in [0.4, 0.5) is 0 Å². The molecule has 1 spiro atoms. The van der Waals surface area contributed by atoms with Crippen LogP contribution < -0.4 is 10.5 Å². The first-order valence-corrected chi connectivity index (χ1v) is 7.26. The summed E-state index contributed by atoms with van der Waals surface area (Å²) in [6.45, 7) is 4.51. The summed E-state index contributed by atoms with van der Waals surface area (Å²) in [6.07, 6.45) is 4.53. The van der Waals surface area contributed by atoms with Crippen LogP contribution in [-0.2, 0) is 10.3 Å². The molecule has 104 valence electrons. The highest BCUT2D eigenvalue weighted by Crippen LogP contribution is 2.57. The number of ether oxygens (including phenoxy) is 2. The lowest BCUT2D eigenvalue weighted by Gasteiger charge is -2.56. The van der Waals surface area contributed by atoms with Gasteiger partial charge in [0.05, 0.1) is 6.61 Å². The van der Waals surface area contributed by atoms with E-state index in [-0.39, 0.29) is 5.54 Å². The SMILES string of the molecule is CCOc1ccc(C2(N)CC3(CCOCC3)C2)cc1. The van der Waals surface area contributed by atoms with E-state index in [1.165, 1.54) is 18.4 Å². The molecule has 2 aliphatic rings. The molecule has 0 radical (unpaired) electrons. The summed E-state index contributed by atoms with van der Waals surface area (Å²) >= 11 is 0. The minimum atomic E-state index is -0.137. The zero-order valence-electron chi connectivity index (χ0n) is 11.7. The van der Waals surface area contributed by atoms with Crippen molar-refractivity contribution >= 4 is 0 Å². The summed E-state index contributed by atoms with van der Waals surface area (Å²) in [5.74, 6) is 0.926. The Morgan fingerprint density at radius 1 is 1.16 bits per heavy atom. The quantitative estimate of drug-likeness (QED) is 0.910. The van der Waals surface area contributed by atoms with Crippen molar-refractivity contribution in [3.63, 3.8) is 0 Å². The fourth-order valence-corrected chi connectivity index (χ4v) is 3.70. The van der Waals surface area contributed by atoms with Gasteiger partial charge in [0.15, 0.2) is 0 Å². The van der Waals surface area contributed by atoms with Gasteiger partial charge >= 0.3 is 0 Å². The van der Waals surface area contributed by atoms with Gasteiger partial charge in [-0.2, -0.15) is 0 Å². The maximum Gasteiger partial charge on any atom is 0.119 e. The zero-order valence-corrected chi connectivity index (χ0v) is 11.7. The maximum atomic E-state index is 6.57. The highest BCUT2D eigenvalue weighted by atomic mass is 16.5. The van der Waals surface area contributed by atoms with Crippen LogP contribution >= 0.6 is 0 Å². The van der Waals surface area contributed by atoms with E-state index >= 15 is 0 Å². The normalized spacial score (nSPS) is 23.9. The van der Waals surface area contributed by atoms with Crippen molar-refractivity contribution in [2.75, 3.05) is 19.8 Å². The molecule has 1 saturated carbocycles. The summed E-state index contributed by atoms with van der Waals surface area (Å²) in [5.41, 5.74) is 8.13. The standard InChI is InChI=1S/C16H23NO2/c1-2-19-14-5-3-13(4-6-14)16(17)11-15(12-16)7-9-18-10-8-15/h3-6H,2,7-12,17H2,1H3. The Balaban J connectivity index is 1.69. The molecule has 3 rings (SSSR count). The van der Waals surface area contributed by atoms with E-state index in [0.29, 0.717) is 12.0 Å². The van der Waals surface area contributed by atoms with Gasteiger partial charge in [-0.3, -0.25) is 0 Å². The summed E-state index contributed by atoms with van der Waals surface area (Å²) < 4.78 is 10.9. The van der Waals surface area contributed by atoms with E-state index in [1.807, 2.05) is 19.1 Å².